The highest BCUT2D eigenvalue weighted by Gasteiger charge is 2.13. The first-order chi connectivity index (χ1) is 9.25. The summed E-state index contributed by atoms with van der Waals surface area (Å²) in [7, 11) is 1.89. The van der Waals surface area contributed by atoms with Crippen molar-refractivity contribution in [2.75, 3.05) is 23.8 Å². The average Bonchev–Trinajstić information content (AvgIpc) is 2.46. The summed E-state index contributed by atoms with van der Waals surface area (Å²) < 4.78 is 13.8. The zero-order chi connectivity index (χ0) is 13.2. The number of halogens is 1. The fourth-order valence-electron chi connectivity index (χ4n) is 2.52. The van der Waals surface area contributed by atoms with E-state index in [2.05, 4.69) is 23.5 Å². The molecule has 0 fully saturated rings. The lowest BCUT2D eigenvalue weighted by atomic mass is 10.0. The molecule has 0 atom stereocenters. The molecule has 0 unspecified atom stereocenters. The molecule has 0 saturated carbocycles. The lowest BCUT2D eigenvalue weighted by Gasteiger charge is -2.24. The summed E-state index contributed by atoms with van der Waals surface area (Å²) in [6.07, 6.45) is 2.29. The Balaban J connectivity index is 1.96. The van der Waals surface area contributed by atoms with Crippen molar-refractivity contribution in [2.24, 2.45) is 0 Å². The standard InChI is InChI=1S/C16H17FN2/c1-19(16-7-3-2-6-14(16)17)13-9-8-12-5-4-10-18-15(12)11-13/h2-3,6-9,11,18H,4-5,10H2,1H3. The third-order valence-corrected chi connectivity index (χ3v) is 3.63. The van der Waals surface area contributed by atoms with Crippen molar-refractivity contribution in [3.8, 4) is 0 Å². The van der Waals surface area contributed by atoms with E-state index in [4.69, 9.17) is 0 Å². The molecule has 2 nitrogen and oxygen atoms in total. The van der Waals surface area contributed by atoms with Crippen LogP contribution in [0, 0.1) is 5.82 Å². The van der Waals surface area contributed by atoms with E-state index in [1.54, 1.807) is 12.1 Å². The van der Waals surface area contributed by atoms with Gasteiger partial charge in [0.15, 0.2) is 0 Å². The minimum Gasteiger partial charge on any atom is -0.385 e. The van der Waals surface area contributed by atoms with Crippen LogP contribution in [0.15, 0.2) is 42.5 Å². The van der Waals surface area contributed by atoms with Gasteiger partial charge in [-0.1, -0.05) is 18.2 Å². The van der Waals surface area contributed by atoms with Crippen LogP contribution in [-0.2, 0) is 6.42 Å². The van der Waals surface area contributed by atoms with E-state index >= 15 is 0 Å². The molecule has 1 heterocycles. The highest BCUT2D eigenvalue weighted by molar-refractivity contribution is 5.69. The molecule has 0 aromatic heterocycles. The van der Waals surface area contributed by atoms with Gasteiger partial charge in [0.05, 0.1) is 5.69 Å². The van der Waals surface area contributed by atoms with Gasteiger partial charge in [-0.3, -0.25) is 0 Å². The van der Waals surface area contributed by atoms with Gasteiger partial charge in [0, 0.05) is 25.0 Å². The molecule has 0 radical (unpaired) electrons. The third-order valence-electron chi connectivity index (χ3n) is 3.63. The molecule has 0 aliphatic carbocycles. The zero-order valence-corrected chi connectivity index (χ0v) is 11.0. The van der Waals surface area contributed by atoms with Crippen LogP contribution in [0.2, 0.25) is 0 Å². The Kier molecular flexibility index (Phi) is 3.11. The highest BCUT2D eigenvalue weighted by atomic mass is 19.1. The molecule has 98 valence electrons. The molecule has 3 rings (SSSR count). The maximum Gasteiger partial charge on any atom is 0.146 e. The number of hydrogen-bond donors (Lipinski definition) is 1. The van der Waals surface area contributed by atoms with Crippen molar-refractivity contribution < 1.29 is 4.39 Å². The summed E-state index contributed by atoms with van der Waals surface area (Å²) in [4.78, 5) is 1.88. The summed E-state index contributed by atoms with van der Waals surface area (Å²) >= 11 is 0. The SMILES string of the molecule is CN(c1ccc2c(c1)NCCC2)c1ccccc1F. The third kappa shape index (κ3) is 2.28. The van der Waals surface area contributed by atoms with E-state index in [1.807, 2.05) is 18.0 Å². The fraction of sp³-hybridized carbons (Fsp3) is 0.250. The second-order valence-corrected chi connectivity index (χ2v) is 4.88. The number of hydrogen-bond acceptors (Lipinski definition) is 2. The topological polar surface area (TPSA) is 15.3 Å². The molecular weight excluding hydrogens is 239 g/mol. The number of benzene rings is 2. The molecule has 3 heteroatoms. The van der Waals surface area contributed by atoms with Gasteiger partial charge in [0.2, 0.25) is 0 Å². The summed E-state index contributed by atoms with van der Waals surface area (Å²) in [5, 5.41) is 3.40. The first-order valence-electron chi connectivity index (χ1n) is 6.61. The van der Waals surface area contributed by atoms with Crippen LogP contribution < -0.4 is 10.2 Å². The molecule has 2 aromatic rings. The molecule has 2 aromatic carbocycles. The van der Waals surface area contributed by atoms with Gasteiger partial charge in [-0.15, -0.1) is 0 Å². The molecule has 0 saturated heterocycles. The smallest absolute Gasteiger partial charge is 0.146 e. The van der Waals surface area contributed by atoms with Crippen LogP contribution in [0.25, 0.3) is 0 Å². The molecule has 0 bridgehead atoms. The first-order valence-corrected chi connectivity index (χ1v) is 6.61. The minimum atomic E-state index is -0.198. The van der Waals surface area contributed by atoms with Crippen LogP contribution in [0.4, 0.5) is 21.5 Å². The van der Waals surface area contributed by atoms with Crippen LogP contribution in [0.1, 0.15) is 12.0 Å². The van der Waals surface area contributed by atoms with Crippen molar-refractivity contribution in [2.45, 2.75) is 12.8 Å². The number of nitrogens with zero attached hydrogens (tertiary/aromatic N) is 1. The van der Waals surface area contributed by atoms with E-state index in [9.17, 15) is 4.39 Å². The van der Waals surface area contributed by atoms with E-state index in [-0.39, 0.29) is 5.82 Å². The normalized spacial score (nSPS) is 13.6. The van der Waals surface area contributed by atoms with Crippen molar-refractivity contribution in [3.05, 3.63) is 53.8 Å². The maximum absolute atomic E-state index is 13.8. The number of fused-ring (bicyclic) bond motifs is 1. The molecular formula is C16H17FN2. The van der Waals surface area contributed by atoms with Gasteiger partial charge < -0.3 is 10.2 Å². The highest BCUT2D eigenvalue weighted by Crippen LogP contribution is 2.31. The molecule has 1 aliphatic rings. The maximum atomic E-state index is 13.8. The number of aryl methyl sites for hydroxylation is 1. The number of para-hydroxylation sites is 1. The van der Waals surface area contributed by atoms with Gasteiger partial charge in [0.25, 0.3) is 0 Å². The lowest BCUT2D eigenvalue weighted by Crippen LogP contribution is -2.15. The predicted molar refractivity (Wildman–Crippen MR) is 77.7 cm³/mol. The van der Waals surface area contributed by atoms with Crippen LogP contribution >= 0.6 is 0 Å². The quantitative estimate of drug-likeness (QED) is 0.875. The molecule has 1 aliphatic heterocycles. The number of rotatable bonds is 2. The molecule has 1 N–H and O–H groups in total. The van der Waals surface area contributed by atoms with Gasteiger partial charge in [-0.25, -0.2) is 4.39 Å². The number of nitrogens with one attached hydrogen (secondary N) is 1. The summed E-state index contributed by atoms with van der Waals surface area (Å²) in [6, 6.07) is 13.1. The minimum absolute atomic E-state index is 0.198. The lowest BCUT2D eigenvalue weighted by molar-refractivity contribution is 0.627. The fourth-order valence-corrected chi connectivity index (χ4v) is 2.52. The Morgan fingerprint density at radius 3 is 2.84 bits per heavy atom. The van der Waals surface area contributed by atoms with Crippen molar-refractivity contribution in [1.82, 2.24) is 0 Å². The Labute approximate surface area is 112 Å². The van der Waals surface area contributed by atoms with E-state index < -0.39 is 0 Å². The largest absolute Gasteiger partial charge is 0.385 e. The Hall–Kier alpha value is -2.03. The van der Waals surface area contributed by atoms with E-state index in [1.165, 1.54) is 23.7 Å². The summed E-state index contributed by atoms with van der Waals surface area (Å²) in [6.45, 7) is 1.01. The second kappa shape index (κ2) is 4.92. The van der Waals surface area contributed by atoms with Gasteiger partial charge in [-0.05, 0) is 42.7 Å². The average molecular weight is 256 g/mol. The van der Waals surface area contributed by atoms with Crippen molar-refractivity contribution in [3.63, 3.8) is 0 Å². The number of anilines is 3. The van der Waals surface area contributed by atoms with Gasteiger partial charge in [-0.2, -0.15) is 0 Å². The monoisotopic (exact) mass is 256 g/mol. The molecule has 0 spiro atoms. The van der Waals surface area contributed by atoms with Crippen molar-refractivity contribution >= 4 is 17.1 Å². The van der Waals surface area contributed by atoms with Crippen molar-refractivity contribution in [1.29, 1.82) is 0 Å². The Morgan fingerprint density at radius 2 is 2.00 bits per heavy atom. The zero-order valence-electron chi connectivity index (χ0n) is 11.0. The van der Waals surface area contributed by atoms with E-state index in [0.717, 1.165) is 18.7 Å². The van der Waals surface area contributed by atoms with Crippen LogP contribution in [-0.4, -0.2) is 13.6 Å². The van der Waals surface area contributed by atoms with Crippen LogP contribution in [0.3, 0.4) is 0 Å². The first kappa shape index (κ1) is 12.0. The molecule has 0 amide bonds. The Morgan fingerprint density at radius 1 is 1.16 bits per heavy atom. The summed E-state index contributed by atoms with van der Waals surface area (Å²) in [5.74, 6) is -0.198. The Bertz CT molecular complexity index is 595. The predicted octanol–water partition coefficient (Wildman–Crippen LogP) is 3.95. The van der Waals surface area contributed by atoms with Crippen LogP contribution in [0.5, 0.6) is 0 Å². The van der Waals surface area contributed by atoms with Gasteiger partial charge >= 0.3 is 0 Å². The van der Waals surface area contributed by atoms with Gasteiger partial charge in [0.1, 0.15) is 5.82 Å². The summed E-state index contributed by atoms with van der Waals surface area (Å²) in [5.41, 5.74) is 4.11. The van der Waals surface area contributed by atoms with E-state index in [0.29, 0.717) is 5.69 Å². The second-order valence-electron chi connectivity index (χ2n) is 4.88. The molecule has 19 heavy (non-hydrogen) atoms.